The number of rotatable bonds is 5. The molecule has 0 bridgehead atoms. The van der Waals surface area contributed by atoms with Crippen LogP contribution in [0.1, 0.15) is 40.0 Å². The third-order valence-corrected chi connectivity index (χ3v) is 7.35. The Balaban J connectivity index is 2.85. The zero-order valence-electron chi connectivity index (χ0n) is 12.5. The van der Waals surface area contributed by atoms with Gasteiger partial charge < -0.3 is 5.11 Å². The van der Waals surface area contributed by atoms with Gasteiger partial charge in [-0.2, -0.15) is 0 Å². The van der Waals surface area contributed by atoms with E-state index in [4.69, 9.17) is 5.11 Å². The van der Waals surface area contributed by atoms with Gasteiger partial charge in [0, 0.05) is 6.04 Å². The minimum Gasteiger partial charge on any atom is -0.481 e. The van der Waals surface area contributed by atoms with Crippen LogP contribution in [0.5, 0.6) is 0 Å². The van der Waals surface area contributed by atoms with Gasteiger partial charge in [-0.3, -0.25) is 4.79 Å². The highest BCUT2D eigenvalue weighted by molar-refractivity contribution is 7.92. The second-order valence-corrected chi connectivity index (χ2v) is 10.8. The minimum absolute atomic E-state index is 0.0571. The van der Waals surface area contributed by atoms with Crippen LogP contribution in [0.4, 0.5) is 0 Å². The van der Waals surface area contributed by atoms with Crippen molar-refractivity contribution in [2.45, 2.75) is 51.3 Å². The van der Waals surface area contributed by atoms with E-state index in [1.165, 1.54) is 0 Å². The van der Waals surface area contributed by atoms with Crippen LogP contribution in [-0.2, 0) is 24.7 Å². The Morgan fingerprint density at radius 2 is 1.76 bits per heavy atom. The first kappa shape index (κ1) is 18.4. The molecular formula is C12H23NO6S2. The Hall–Kier alpha value is -0.670. The van der Waals surface area contributed by atoms with E-state index in [-0.39, 0.29) is 30.8 Å². The Morgan fingerprint density at radius 3 is 2.14 bits per heavy atom. The first-order chi connectivity index (χ1) is 9.33. The van der Waals surface area contributed by atoms with Gasteiger partial charge in [-0.25, -0.2) is 21.6 Å². The van der Waals surface area contributed by atoms with E-state index in [0.717, 1.165) is 0 Å². The van der Waals surface area contributed by atoms with Crippen LogP contribution in [0.3, 0.4) is 0 Å². The van der Waals surface area contributed by atoms with E-state index >= 15 is 0 Å². The molecule has 0 aliphatic carbocycles. The van der Waals surface area contributed by atoms with Crippen LogP contribution in [0, 0.1) is 5.41 Å². The molecule has 1 unspecified atom stereocenters. The maximum absolute atomic E-state index is 12.3. The van der Waals surface area contributed by atoms with Crippen molar-refractivity contribution >= 4 is 25.8 Å². The van der Waals surface area contributed by atoms with Crippen LogP contribution in [-0.4, -0.2) is 50.7 Å². The lowest BCUT2D eigenvalue weighted by Crippen LogP contribution is -2.49. The number of carbonyl (C=O) groups is 1. The molecule has 1 heterocycles. The third kappa shape index (κ3) is 5.55. The smallest absolute Gasteiger partial charge is 0.304 e. The van der Waals surface area contributed by atoms with Crippen LogP contribution < -0.4 is 4.72 Å². The number of hydrogen-bond donors (Lipinski definition) is 2. The molecule has 0 aromatic rings. The molecule has 2 N–H and O–H groups in total. The maximum Gasteiger partial charge on any atom is 0.304 e. The Labute approximate surface area is 126 Å². The van der Waals surface area contributed by atoms with E-state index in [0.29, 0.717) is 0 Å². The maximum atomic E-state index is 12.3. The highest BCUT2D eigenvalue weighted by Gasteiger charge is 2.37. The zero-order chi connectivity index (χ0) is 16.5. The molecule has 7 nitrogen and oxygen atoms in total. The summed E-state index contributed by atoms with van der Waals surface area (Å²) in [4.78, 5) is 10.9. The van der Waals surface area contributed by atoms with Crippen LogP contribution in [0.15, 0.2) is 0 Å². The molecule has 1 aliphatic heterocycles. The number of sulfone groups is 1. The third-order valence-electron chi connectivity index (χ3n) is 3.67. The van der Waals surface area contributed by atoms with Crippen LogP contribution in [0.2, 0.25) is 0 Å². The molecule has 0 aromatic heterocycles. The molecule has 0 amide bonds. The van der Waals surface area contributed by atoms with Crippen molar-refractivity contribution in [3.8, 4) is 0 Å². The van der Waals surface area contributed by atoms with Gasteiger partial charge in [-0.05, 0) is 18.3 Å². The quantitative estimate of drug-likeness (QED) is 0.746. The summed E-state index contributed by atoms with van der Waals surface area (Å²) in [5, 5.41) is 8.13. The molecule has 21 heavy (non-hydrogen) atoms. The second kappa shape index (κ2) is 6.21. The van der Waals surface area contributed by atoms with Crippen LogP contribution in [0.25, 0.3) is 0 Å². The fourth-order valence-electron chi connectivity index (χ4n) is 2.17. The molecular weight excluding hydrogens is 318 g/mol. The lowest BCUT2D eigenvalue weighted by molar-refractivity contribution is -0.138. The lowest BCUT2D eigenvalue weighted by atomic mass is 9.85. The van der Waals surface area contributed by atoms with Crippen molar-refractivity contribution in [2.75, 3.05) is 11.5 Å². The number of carboxylic acid groups (broad SMARTS) is 1. The van der Waals surface area contributed by atoms with Gasteiger partial charge in [0.2, 0.25) is 10.0 Å². The largest absolute Gasteiger partial charge is 0.481 e. The topological polar surface area (TPSA) is 118 Å². The van der Waals surface area contributed by atoms with Crippen molar-refractivity contribution in [3.05, 3.63) is 0 Å². The summed E-state index contributed by atoms with van der Waals surface area (Å²) in [5.74, 6) is -1.36. The van der Waals surface area contributed by atoms with Gasteiger partial charge in [-0.1, -0.05) is 20.8 Å². The summed E-state index contributed by atoms with van der Waals surface area (Å²) in [7, 11) is -6.88. The highest BCUT2D eigenvalue weighted by Crippen LogP contribution is 2.25. The zero-order valence-corrected chi connectivity index (χ0v) is 14.1. The molecule has 0 saturated carbocycles. The highest BCUT2D eigenvalue weighted by atomic mass is 32.2. The van der Waals surface area contributed by atoms with Gasteiger partial charge in [0.1, 0.15) is 9.84 Å². The summed E-state index contributed by atoms with van der Waals surface area (Å²) >= 11 is 0. The van der Waals surface area contributed by atoms with Crippen molar-refractivity contribution in [1.82, 2.24) is 4.72 Å². The van der Waals surface area contributed by atoms with Crippen molar-refractivity contribution in [2.24, 2.45) is 5.41 Å². The van der Waals surface area contributed by atoms with Gasteiger partial charge in [-0.15, -0.1) is 0 Å². The molecule has 1 atom stereocenters. The van der Waals surface area contributed by atoms with E-state index in [1.807, 2.05) is 0 Å². The molecule has 0 radical (unpaired) electrons. The Bertz CT molecular complexity index is 574. The Morgan fingerprint density at radius 1 is 1.29 bits per heavy atom. The number of sulfonamides is 1. The molecule has 9 heteroatoms. The first-order valence-corrected chi connectivity index (χ1v) is 10.1. The molecule has 0 aromatic carbocycles. The Kier molecular flexibility index (Phi) is 5.44. The molecule has 124 valence electrons. The fourth-order valence-corrected chi connectivity index (χ4v) is 5.84. The van der Waals surface area contributed by atoms with Crippen molar-refractivity contribution < 1.29 is 26.7 Å². The number of hydrogen-bond acceptors (Lipinski definition) is 5. The monoisotopic (exact) mass is 341 g/mol. The summed E-state index contributed by atoms with van der Waals surface area (Å²) in [5.41, 5.74) is -0.549. The predicted octanol–water partition coefficient (Wildman–Crippen LogP) is 0.372. The summed E-state index contributed by atoms with van der Waals surface area (Å²) in [6.45, 7) is 5.28. The van der Waals surface area contributed by atoms with Gasteiger partial charge in [0.25, 0.3) is 0 Å². The standard InChI is InChI=1S/C12H23NO6S2/c1-12(2,3)10(8-11(14)15)13-21(18,19)9-4-6-20(16,17)7-5-9/h9-10,13H,4-8H2,1-3H3,(H,14,15). The normalized spacial score (nSPS) is 21.9. The second-order valence-electron chi connectivity index (χ2n) is 6.53. The average molecular weight is 341 g/mol. The van der Waals surface area contributed by atoms with Crippen molar-refractivity contribution in [1.29, 1.82) is 0 Å². The molecule has 1 aliphatic rings. The van der Waals surface area contributed by atoms with E-state index in [2.05, 4.69) is 4.72 Å². The van der Waals surface area contributed by atoms with E-state index in [9.17, 15) is 21.6 Å². The number of aliphatic carboxylic acids is 1. The molecule has 0 spiro atoms. The first-order valence-electron chi connectivity index (χ1n) is 6.77. The van der Waals surface area contributed by atoms with Crippen molar-refractivity contribution in [3.63, 3.8) is 0 Å². The van der Waals surface area contributed by atoms with E-state index in [1.54, 1.807) is 20.8 Å². The lowest BCUT2D eigenvalue weighted by Gasteiger charge is -2.32. The van der Waals surface area contributed by atoms with E-state index < -0.39 is 42.5 Å². The van der Waals surface area contributed by atoms with Gasteiger partial charge in [0.15, 0.2) is 0 Å². The van der Waals surface area contributed by atoms with Gasteiger partial charge in [0.05, 0.1) is 23.2 Å². The average Bonchev–Trinajstić information content (AvgIpc) is 2.25. The molecule has 1 saturated heterocycles. The van der Waals surface area contributed by atoms with Crippen LogP contribution >= 0.6 is 0 Å². The SMILES string of the molecule is CC(C)(C)C(CC(=O)O)NS(=O)(=O)C1CCS(=O)(=O)CC1. The number of carboxylic acids is 1. The minimum atomic E-state index is -3.74. The predicted molar refractivity (Wildman–Crippen MR) is 79.2 cm³/mol. The number of nitrogens with one attached hydrogen (secondary N) is 1. The summed E-state index contributed by atoms with van der Waals surface area (Å²) < 4.78 is 49.8. The summed E-state index contributed by atoms with van der Waals surface area (Å²) in [6.07, 6.45) is -0.197. The summed E-state index contributed by atoms with van der Waals surface area (Å²) in [6, 6.07) is -0.737. The molecule has 1 fully saturated rings. The van der Waals surface area contributed by atoms with Gasteiger partial charge >= 0.3 is 5.97 Å². The fraction of sp³-hybridized carbons (Fsp3) is 0.917. The molecule has 1 rings (SSSR count).